The predicted octanol–water partition coefficient (Wildman–Crippen LogP) is 3.56. The van der Waals surface area contributed by atoms with Crippen molar-refractivity contribution < 1.29 is 9.53 Å². The summed E-state index contributed by atoms with van der Waals surface area (Å²) in [6.07, 6.45) is 6.85. The third kappa shape index (κ3) is 3.45. The van der Waals surface area contributed by atoms with E-state index in [1.165, 1.54) is 13.4 Å². The highest BCUT2D eigenvalue weighted by molar-refractivity contribution is 5.97. The number of methoxy groups -OCH3 is 1. The van der Waals surface area contributed by atoms with E-state index in [1.807, 2.05) is 24.3 Å². The zero-order valence-corrected chi connectivity index (χ0v) is 13.6. The van der Waals surface area contributed by atoms with Crippen molar-refractivity contribution in [1.29, 1.82) is 0 Å². The van der Waals surface area contributed by atoms with Gasteiger partial charge in [-0.2, -0.15) is 0 Å². The van der Waals surface area contributed by atoms with Crippen LogP contribution in [0.2, 0.25) is 0 Å². The minimum atomic E-state index is -0.401. The average molecular weight is 340 g/mol. The lowest BCUT2D eigenvalue weighted by atomic mass is 10.1. The maximum atomic E-state index is 11.6. The van der Waals surface area contributed by atoms with Gasteiger partial charge in [0.15, 0.2) is 0 Å². The molecule has 0 aliphatic carbocycles. The van der Waals surface area contributed by atoms with Crippen LogP contribution in [0.25, 0.3) is 10.9 Å². The van der Waals surface area contributed by atoms with Crippen molar-refractivity contribution in [3.63, 3.8) is 0 Å². The summed E-state index contributed by atoms with van der Waals surface area (Å²) in [6.45, 7) is 0. The lowest BCUT2D eigenvalue weighted by Crippen LogP contribution is -2.02. The van der Waals surface area contributed by atoms with Crippen molar-refractivity contribution in [3.8, 4) is 12.3 Å². The number of esters is 1. The van der Waals surface area contributed by atoms with E-state index in [0.29, 0.717) is 16.9 Å². The number of hydrogen-bond donors (Lipinski definition) is 1. The molecule has 0 aliphatic rings. The second kappa shape index (κ2) is 7.44. The van der Waals surface area contributed by atoms with Crippen LogP contribution in [0.15, 0.2) is 48.8 Å². The van der Waals surface area contributed by atoms with Gasteiger partial charge in [-0.1, -0.05) is 12.0 Å². The topological polar surface area (TPSA) is 64.1 Å². The number of nitrogens with one attached hydrogen (secondary N) is 1. The molecule has 0 saturated carbocycles. The molecule has 0 amide bonds. The molecule has 1 aromatic heterocycles. The molecular weight excluding hydrogens is 326 g/mol. The molecule has 6 heteroatoms. The van der Waals surface area contributed by atoms with Gasteiger partial charge >= 0.3 is 5.97 Å². The van der Waals surface area contributed by atoms with Crippen LogP contribution in [-0.4, -0.2) is 23.0 Å². The minimum absolute atomic E-state index is 0. The first-order chi connectivity index (χ1) is 11.2. The summed E-state index contributed by atoms with van der Waals surface area (Å²) in [5, 5.41) is 4.02. The van der Waals surface area contributed by atoms with Crippen LogP contribution in [0.4, 0.5) is 11.5 Å². The lowest BCUT2D eigenvalue weighted by molar-refractivity contribution is 0.0601. The number of anilines is 2. The molecule has 0 spiro atoms. The van der Waals surface area contributed by atoms with E-state index in [1.54, 1.807) is 18.2 Å². The Balaban J connectivity index is 0.00000208. The summed E-state index contributed by atoms with van der Waals surface area (Å²) in [5.74, 6) is 2.83. The number of fused-ring (bicyclic) bond motifs is 1. The second-order valence-electron chi connectivity index (χ2n) is 4.80. The van der Waals surface area contributed by atoms with Crippen LogP contribution in [0.5, 0.6) is 0 Å². The first-order valence-corrected chi connectivity index (χ1v) is 6.88. The Hall–Kier alpha value is -3.10. The van der Waals surface area contributed by atoms with Gasteiger partial charge in [0.05, 0.1) is 18.2 Å². The lowest BCUT2D eigenvalue weighted by Gasteiger charge is -2.09. The largest absolute Gasteiger partial charge is 0.465 e. The molecular formula is C18H14ClN3O2. The molecule has 3 rings (SSSR count). The molecule has 1 N–H and O–H groups in total. The fourth-order valence-electron chi connectivity index (χ4n) is 2.22. The molecule has 5 nitrogen and oxygen atoms in total. The van der Waals surface area contributed by atoms with Gasteiger partial charge in [0.2, 0.25) is 0 Å². The fourth-order valence-corrected chi connectivity index (χ4v) is 2.22. The highest BCUT2D eigenvalue weighted by Crippen LogP contribution is 2.24. The molecule has 0 unspecified atom stereocenters. The highest BCUT2D eigenvalue weighted by Gasteiger charge is 2.09. The number of benzene rings is 2. The van der Waals surface area contributed by atoms with Crippen molar-refractivity contribution in [2.24, 2.45) is 0 Å². The number of carbonyl (C=O) groups excluding carboxylic acids is 1. The van der Waals surface area contributed by atoms with Crippen molar-refractivity contribution >= 4 is 40.8 Å². The number of aromatic nitrogens is 2. The summed E-state index contributed by atoms with van der Waals surface area (Å²) in [4.78, 5) is 20.1. The van der Waals surface area contributed by atoms with Crippen LogP contribution in [0.3, 0.4) is 0 Å². The standard InChI is InChI=1S/C18H13N3O2.ClH/c1-3-12-5-4-6-14(9-12)21-17-15-8-7-13(18(22)23-2)10-16(15)19-11-20-17;/h1,4-11H,2H3,(H,19,20,21);1H. The highest BCUT2D eigenvalue weighted by atomic mass is 35.5. The number of hydrogen-bond acceptors (Lipinski definition) is 5. The summed E-state index contributed by atoms with van der Waals surface area (Å²) in [7, 11) is 1.35. The van der Waals surface area contributed by atoms with Gasteiger partial charge < -0.3 is 10.1 Å². The summed E-state index contributed by atoms with van der Waals surface area (Å²) in [6, 6.07) is 12.6. The normalized spacial score (nSPS) is 9.67. The van der Waals surface area contributed by atoms with Crippen molar-refractivity contribution in [3.05, 3.63) is 59.9 Å². The molecule has 0 atom stereocenters. The van der Waals surface area contributed by atoms with Gasteiger partial charge in [-0.3, -0.25) is 0 Å². The van der Waals surface area contributed by atoms with Gasteiger partial charge in [-0.15, -0.1) is 18.8 Å². The van der Waals surface area contributed by atoms with E-state index in [2.05, 4.69) is 21.2 Å². The second-order valence-corrected chi connectivity index (χ2v) is 4.80. The zero-order chi connectivity index (χ0) is 16.2. The Morgan fingerprint density at radius 1 is 1.21 bits per heavy atom. The third-order valence-electron chi connectivity index (χ3n) is 3.35. The van der Waals surface area contributed by atoms with Gasteiger partial charge in [-0.05, 0) is 36.4 Å². The van der Waals surface area contributed by atoms with Crippen molar-refractivity contribution in [2.45, 2.75) is 0 Å². The summed E-state index contributed by atoms with van der Waals surface area (Å²) in [5.41, 5.74) is 2.70. The van der Waals surface area contributed by atoms with Crippen LogP contribution in [0.1, 0.15) is 15.9 Å². The van der Waals surface area contributed by atoms with Gasteiger partial charge in [0.1, 0.15) is 12.1 Å². The molecule has 120 valence electrons. The Bertz CT molecular complexity index is 935. The number of rotatable bonds is 3. The molecule has 0 radical (unpaired) electrons. The fraction of sp³-hybridized carbons (Fsp3) is 0.0556. The van der Waals surface area contributed by atoms with Crippen molar-refractivity contribution in [2.75, 3.05) is 12.4 Å². The summed E-state index contributed by atoms with van der Waals surface area (Å²) >= 11 is 0. The molecule has 2 aromatic carbocycles. The molecule has 3 aromatic rings. The first-order valence-electron chi connectivity index (χ1n) is 6.88. The predicted molar refractivity (Wildman–Crippen MR) is 95.8 cm³/mol. The van der Waals surface area contributed by atoms with Crippen LogP contribution >= 0.6 is 12.4 Å². The van der Waals surface area contributed by atoms with E-state index in [-0.39, 0.29) is 12.4 Å². The Morgan fingerprint density at radius 2 is 2.04 bits per heavy atom. The zero-order valence-electron chi connectivity index (χ0n) is 12.8. The average Bonchev–Trinajstić information content (AvgIpc) is 2.61. The molecule has 1 heterocycles. The van der Waals surface area contributed by atoms with E-state index >= 15 is 0 Å². The van der Waals surface area contributed by atoms with Crippen molar-refractivity contribution in [1.82, 2.24) is 9.97 Å². The Kier molecular flexibility index (Phi) is 5.35. The van der Waals surface area contributed by atoms with Crippen LogP contribution < -0.4 is 5.32 Å². The maximum absolute atomic E-state index is 11.6. The molecule has 0 aliphatic heterocycles. The van der Waals surface area contributed by atoms with E-state index in [4.69, 9.17) is 11.2 Å². The molecule has 24 heavy (non-hydrogen) atoms. The quantitative estimate of drug-likeness (QED) is 0.584. The Morgan fingerprint density at radius 3 is 2.79 bits per heavy atom. The smallest absolute Gasteiger partial charge is 0.337 e. The van der Waals surface area contributed by atoms with Gasteiger partial charge in [-0.25, -0.2) is 14.8 Å². The van der Waals surface area contributed by atoms with E-state index in [9.17, 15) is 4.79 Å². The third-order valence-corrected chi connectivity index (χ3v) is 3.35. The van der Waals surface area contributed by atoms with Gasteiger partial charge in [0.25, 0.3) is 0 Å². The number of nitrogens with zero attached hydrogens (tertiary/aromatic N) is 2. The summed E-state index contributed by atoms with van der Waals surface area (Å²) < 4.78 is 4.72. The molecule has 0 saturated heterocycles. The molecule has 0 fully saturated rings. The van der Waals surface area contributed by atoms with Crippen LogP contribution in [-0.2, 0) is 4.74 Å². The maximum Gasteiger partial charge on any atom is 0.337 e. The monoisotopic (exact) mass is 339 g/mol. The molecule has 0 bridgehead atoms. The number of carbonyl (C=O) groups is 1. The van der Waals surface area contributed by atoms with E-state index in [0.717, 1.165) is 16.6 Å². The number of terminal acetylenes is 1. The number of halogens is 1. The Labute approximate surface area is 145 Å². The SMILES string of the molecule is C#Cc1cccc(Nc2ncnc3cc(C(=O)OC)ccc23)c1.Cl. The minimum Gasteiger partial charge on any atom is -0.465 e. The van der Waals surface area contributed by atoms with E-state index < -0.39 is 5.97 Å². The van der Waals surface area contributed by atoms with Gasteiger partial charge in [0, 0.05) is 16.6 Å². The first kappa shape index (κ1) is 17.3. The number of ether oxygens (including phenoxy) is 1. The van der Waals surface area contributed by atoms with Crippen LogP contribution in [0, 0.1) is 12.3 Å².